The summed E-state index contributed by atoms with van der Waals surface area (Å²) in [4.78, 5) is 20.3. The highest BCUT2D eigenvalue weighted by Crippen LogP contribution is 2.37. The van der Waals surface area contributed by atoms with Gasteiger partial charge in [0.1, 0.15) is 16.8 Å². The third kappa shape index (κ3) is 5.08. The van der Waals surface area contributed by atoms with Crippen LogP contribution in [0, 0.1) is 5.82 Å². The van der Waals surface area contributed by atoms with E-state index in [1.165, 1.54) is 29.1 Å². The van der Waals surface area contributed by atoms with Crippen LogP contribution in [0.15, 0.2) is 53.8 Å². The molecule has 8 nitrogen and oxygen atoms in total. The fourth-order valence-electron chi connectivity index (χ4n) is 3.95. The lowest BCUT2D eigenvalue weighted by Gasteiger charge is -2.17. The summed E-state index contributed by atoms with van der Waals surface area (Å²) in [6, 6.07) is 4.16. The second kappa shape index (κ2) is 9.97. The Morgan fingerprint density at radius 1 is 1.18 bits per heavy atom. The minimum atomic E-state index is -4.80. The molecule has 1 atom stereocenters. The number of nitrogens with zero attached hydrogens (tertiary/aromatic N) is 3. The molecule has 3 heterocycles. The third-order valence-electron chi connectivity index (χ3n) is 5.82. The number of benzene rings is 1. The molecule has 3 aromatic heterocycles. The quantitative estimate of drug-likeness (QED) is 0.311. The summed E-state index contributed by atoms with van der Waals surface area (Å²) in [5, 5.41) is 0.425. The highest BCUT2D eigenvalue weighted by atomic mass is 35.5. The number of carbonyl (C=O) groups is 1. The maximum Gasteiger partial charge on any atom is 0.404 e. The maximum absolute atomic E-state index is 14.8. The number of rotatable bonds is 7. The van der Waals surface area contributed by atoms with Gasteiger partial charge in [-0.05, 0) is 49.2 Å². The summed E-state index contributed by atoms with van der Waals surface area (Å²) in [6.45, 7) is 2.42. The molecule has 0 saturated heterocycles. The second-order valence-electron chi connectivity index (χ2n) is 8.36. The molecule has 0 aliphatic heterocycles. The highest BCUT2D eigenvalue weighted by Gasteiger charge is 2.39. The molecule has 0 saturated carbocycles. The van der Waals surface area contributed by atoms with E-state index in [9.17, 15) is 30.8 Å². The third-order valence-corrected chi connectivity index (χ3v) is 7.56. The number of halogens is 5. The van der Waals surface area contributed by atoms with E-state index in [-0.39, 0.29) is 27.4 Å². The van der Waals surface area contributed by atoms with Crippen LogP contribution in [0.25, 0.3) is 28.0 Å². The predicted octanol–water partition coefficient (Wildman–Crippen LogP) is 4.77. The van der Waals surface area contributed by atoms with Crippen LogP contribution >= 0.6 is 11.6 Å². The monoisotopic (exact) mass is 569 g/mol. The summed E-state index contributed by atoms with van der Waals surface area (Å²) in [7, 11) is -4.58. The Morgan fingerprint density at radius 2 is 1.89 bits per heavy atom. The van der Waals surface area contributed by atoms with Crippen molar-refractivity contribution in [1.82, 2.24) is 19.3 Å². The molecule has 0 spiro atoms. The molecule has 14 heteroatoms. The van der Waals surface area contributed by atoms with E-state index in [0.717, 1.165) is 12.3 Å². The molecule has 0 aliphatic carbocycles. The number of nitrogens with one attached hydrogen (secondary N) is 1. The molecule has 0 unspecified atom stereocenters. The summed E-state index contributed by atoms with van der Waals surface area (Å²) in [5.41, 5.74) is 6.83. The number of primary amides is 1. The Morgan fingerprint density at radius 3 is 2.45 bits per heavy atom. The fraction of sp³-hybridized carbons (Fsp3) is 0.208. The molecule has 4 aromatic rings. The number of hydrogen-bond donors (Lipinski definition) is 2. The maximum atomic E-state index is 14.8. The van der Waals surface area contributed by atoms with E-state index >= 15 is 0 Å². The Labute approximate surface area is 219 Å². The predicted molar refractivity (Wildman–Crippen MR) is 133 cm³/mol. The van der Waals surface area contributed by atoms with Crippen molar-refractivity contribution in [2.75, 3.05) is 0 Å². The van der Waals surface area contributed by atoms with Gasteiger partial charge in [-0.25, -0.2) is 12.8 Å². The van der Waals surface area contributed by atoms with Gasteiger partial charge in [-0.15, -0.1) is 0 Å². The first-order chi connectivity index (χ1) is 17.7. The number of aromatic nitrogens is 3. The van der Waals surface area contributed by atoms with E-state index in [0.29, 0.717) is 30.1 Å². The SMILES string of the molecule is CCc1cc2c(cc1F)c(C(N)=O)c(-c1ccc(S(=O)(=O)N[C@@H](C)C(F)(F)F)cn1)n2-c1cncc(Cl)c1. The number of fused-ring (bicyclic) bond motifs is 1. The first-order valence-electron chi connectivity index (χ1n) is 11.1. The van der Waals surface area contributed by atoms with Gasteiger partial charge < -0.3 is 10.3 Å². The van der Waals surface area contributed by atoms with Crippen molar-refractivity contribution >= 4 is 38.4 Å². The fourth-order valence-corrected chi connectivity index (χ4v) is 5.29. The van der Waals surface area contributed by atoms with Gasteiger partial charge in [0.25, 0.3) is 5.91 Å². The number of nitrogens with two attached hydrogens (primary N) is 1. The Hall–Kier alpha value is -3.55. The number of amides is 1. The van der Waals surface area contributed by atoms with Crippen LogP contribution in [-0.2, 0) is 16.4 Å². The standard InChI is InChI=1S/C24H20ClF4N5O3S/c1-3-13-6-20-17(8-18(13)26)21(23(30)35)22(34(20)15-7-14(25)9-31-10-15)19-5-4-16(11-32-19)38(36,37)33-12(2)24(27,28)29/h4-12,33H,3H2,1-2H3,(H2,30,35)/t12-/m0/s1. The molecule has 0 radical (unpaired) electrons. The topological polar surface area (TPSA) is 120 Å². The van der Waals surface area contributed by atoms with Gasteiger partial charge in [0, 0.05) is 17.8 Å². The van der Waals surface area contributed by atoms with Crippen LogP contribution in [0.3, 0.4) is 0 Å². The van der Waals surface area contributed by atoms with Crippen molar-refractivity contribution < 1.29 is 30.8 Å². The normalized spacial score (nSPS) is 13.1. The summed E-state index contributed by atoms with van der Waals surface area (Å²) in [5.74, 6) is -1.48. The van der Waals surface area contributed by atoms with Crippen molar-refractivity contribution in [3.8, 4) is 17.1 Å². The molecular formula is C24H20ClF4N5O3S. The van der Waals surface area contributed by atoms with Gasteiger partial charge >= 0.3 is 6.18 Å². The number of pyridine rings is 2. The average Bonchev–Trinajstić information content (AvgIpc) is 3.16. The zero-order valence-electron chi connectivity index (χ0n) is 19.8. The molecule has 1 amide bonds. The highest BCUT2D eigenvalue weighted by molar-refractivity contribution is 7.89. The molecular weight excluding hydrogens is 550 g/mol. The van der Waals surface area contributed by atoms with Crippen molar-refractivity contribution in [3.05, 3.63) is 70.9 Å². The molecule has 3 N–H and O–H groups in total. The van der Waals surface area contributed by atoms with Gasteiger partial charge in [0.2, 0.25) is 10.0 Å². The minimum Gasteiger partial charge on any atom is -0.366 e. The summed E-state index contributed by atoms with van der Waals surface area (Å²) in [6.07, 6.45) is -0.779. The number of hydrogen-bond acceptors (Lipinski definition) is 5. The average molecular weight is 570 g/mol. The smallest absolute Gasteiger partial charge is 0.366 e. The van der Waals surface area contributed by atoms with E-state index < -0.39 is 38.9 Å². The van der Waals surface area contributed by atoms with Crippen molar-refractivity contribution in [1.29, 1.82) is 0 Å². The van der Waals surface area contributed by atoms with Crippen LogP contribution in [0.5, 0.6) is 0 Å². The van der Waals surface area contributed by atoms with Crippen LogP contribution in [0.1, 0.15) is 29.8 Å². The second-order valence-corrected chi connectivity index (χ2v) is 10.5. The lowest BCUT2D eigenvalue weighted by atomic mass is 10.0. The lowest BCUT2D eigenvalue weighted by Crippen LogP contribution is -2.42. The van der Waals surface area contributed by atoms with Crippen molar-refractivity contribution in [2.24, 2.45) is 5.73 Å². The van der Waals surface area contributed by atoms with E-state index in [2.05, 4.69) is 9.97 Å². The van der Waals surface area contributed by atoms with Crippen molar-refractivity contribution in [2.45, 2.75) is 37.4 Å². The molecule has 0 aliphatic rings. The Bertz CT molecular complexity index is 1650. The number of aryl methyl sites for hydroxylation is 1. The van der Waals surface area contributed by atoms with Gasteiger partial charge in [-0.2, -0.15) is 17.9 Å². The van der Waals surface area contributed by atoms with Crippen LogP contribution < -0.4 is 10.5 Å². The Kier molecular flexibility index (Phi) is 7.21. The molecule has 4 rings (SSSR count). The number of carbonyl (C=O) groups excluding carboxylic acids is 1. The van der Waals surface area contributed by atoms with Crippen LogP contribution in [-0.4, -0.2) is 41.1 Å². The minimum absolute atomic E-state index is 0.0382. The zero-order valence-corrected chi connectivity index (χ0v) is 21.4. The number of alkyl halides is 3. The molecule has 1 aromatic carbocycles. The van der Waals surface area contributed by atoms with E-state index in [1.807, 2.05) is 0 Å². The largest absolute Gasteiger partial charge is 0.404 e. The van der Waals surface area contributed by atoms with E-state index in [1.54, 1.807) is 23.8 Å². The summed E-state index contributed by atoms with van der Waals surface area (Å²) >= 11 is 6.15. The number of sulfonamides is 1. The van der Waals surface area contributed by atoms with E-state index in [4.69, 9.17) is 17.3 Å². The van der Waals surface area contributed by atoms with Crippen LogP contribution in [0.4, 0.5) is 17.6 Å². The first-order valence-corrected chi connectivity index (χ1v) is 12.9. The van der Waals surface area contributed by atoms with Gasteiger partial charge in [0.05, 0.1) is 39.4 Å². The lowest BCUT2D eigenvalue weighted by molar-refractivity contribution is -0.147. The Balaban J connectivity index is 1.97. The van der Waals surface area contributed by atoms with Crippen molar-refractivity contribution in [3.63, 3.8) is 0 Å². The molecule has 0 fully saturated rings. The zero-order chi connectivity index (χ0) is 28.0. The van der Waals surface area contributed by atoms with Gasteiger partial charge in [-0.1, -0.05) is 18.5 Å². The van der Waals surface area contributed by atoms with Gasteiger partial charge in [-0.3, -0.25) is 14.8 Å². The molecule has 200 valence electrons. The first kappa shape index (κ1) is 27.5. The molecule has 0 bridgehead atoms. The van der Waals surface area contributed by atoms with Crippen LogP contribution in [0.2, 0.25) is 5.02 Å². The van der Waals surface area contributed by atoms with Gasteiger partial charge in [0.15, 0.2) is 0 Å². The molecule has 38 heavy (non-hydrogen) atoms. The summed E-state index contributed by atoms with van der Waals surface area (Å²) < 4.78 is 81.5.